The van der Waals surface area contributed by atoms with Gasteiger partial charge in [0.05, 0.1) is 36.8 Å². The molecule has 0 bridgehead atoms. The topological polar surface area (TPSA) is 93.2 Å². The van der Waals surface area contributed by atoms with Crippen molar-refractivity contribution in [2.24, 2.45) is 0 Å². The van der Waals surface area contributed by atoms with Crippen LogP contribution < -0.4 is 9.64 Å². The number of anilines is 1. The average Bonchev–Trinajstić information content (AvgIpc) is 3.09. The fourth-order valence-corrected chi connectivity index (χ4v) is 5.83. The lowest BCUT2D eigenvalue weighted by Crippen LogP contribution is -2.50. The van der Waals surface area contributed by atoms with E-state index in [1.807, 2.05) is 0 Å². The van der Waals surface area contributed by atoms with E-state index in [1.54, 1.807) is 6.07 Å². The van der Waals surface area contributed by atoms with Gasteiger partial charge in [0.1, 0.15) is 17.6 Å². The molecule has 1 unspecified atom stereocenters. The predicted molar refractivity (Wildman–Crippen MR) is 131 cm³/mol. The van der Waals surface area contributed by atoms with Crippen LogP contribution in [0.15, 0.2) is 71.6 Å². The number of ether oxygens (including phenoxy) is 2. The zero-order chi connectivity index (χ0) is 28.5. The third-order valence-electron chi connectivity index (χ3n) is 6.21. The van der Waals surface area contributed by atoms with Crippen molar-refractivity contribution < 1.29 is 45.0 Å². The Morgan fingerprint density at radius 2 is 1.64 bits per heavy atom. The van der Waals surface area contributed by atoms with E-state index in [4.69, 9.17) is 9.47 Å². The van der Waals surface area contributed by atoms with E-state index in [9.17, 15) is 35.6 Å². The van der Waals surface area contributed by atoms with E-state index in [0.29, 0.717) is 17.9 Å². The van der Waals surface area contributed by atoms with E-state index in [1.165, 1.54) is 49.6 Å². The highest BCUT2D eigenvalue weighted by Crippen LogP contribution is 2.36. The number of nitrogens with zero attached hydrogens (tertiary/aromatic N) is 2. The van der Waals surface area contributed by atoms with Crippen LogP contribution in [0.25, 0.3) is 0 Å². The van der Waals surface area contributed by atoms with Gasteiger partial charge in [0.15, 0.2) is 0 Å². The summed E-state index contributed by atoms with van der Waals surface area (Å²) in [6, 6.07) is 11.3. The number of carbonyl (C=O) groups excluding carboxylic acids is 2. The summed E-state index contributed by atoms with van der Waals surface area (Å²) in [4.78, 5) is 27.2. The SMILES string of the molecule is COC(=O)C1CN(C(=O)c2ccc(F)cc2C(F)(F)F)c2ccccc2CN1S(=O)(=O)c1ccc(OC)cc1. The monoisotopic (exact) mass is 566 g/mol. The Morgan fingerprint density at radius 3 is 2.26 bits per heavy atom. The quantitative estimate of drug-likeness (QED) is 0.339. The minimum Gasteiger partial charge on any atom is -0.497 e. The van der Waals surface area contributed by atoms with Gasteiger partial charge in [-0.15, -0.1) is 0 Å². The molecule has 1 atom stereocenters. The largest absolute Gasteiger partial charge is 0.497 e. The average molecular weight is 567 g/mol. The molecular formula is C26H22F4N2O6S. The molecule has 1 heterocycles. The van der Waals surface area contributed by atoms with Gasteiger partial charge >= 0.3 is 12.1 Å². The van der Waals surface area contributed by atoms with Gasteiger partial charge in [-0.1, -0.05) is 18.2 Å². The molecule has 0 aliphatic carbocycles. The highest BCUT2D eigenvalue weighted by Gasteiger charge is 2.44. The normalized spacial score (nSPS) is 16.3. The summed E-state index contributed by atoms with van der Waals surface area (Å²) in [5, 5.41) is 0. The van der Waals surface area contributed by atoms with Crippen molar-refractivity contribution in [2.75, 3.05) is 25.7 Å². The second kappa shape index (κ2) is 10.7. The number of amides is 1. The van der Waals surface area contributed by atoms with Gasteiger partial charge in [-0.2, -0.15) is 17.5 Å². The molecule has 0 radical (unpaired) electrons. The summed E-state index contributed by atoms with van der Waals surface area (Å²) >= 11 is 0. The van der Waals surface area contributed by atoms with Gasteiger partial charge < -0.3 is 14.4 Å². The number of methoxy groups -OCH3 is 2. The van der Waals surface area contributed by atoms with Crippen LogP contribution >= 0.6 is 0 Å². The second-order valence-corrected chi connectivity index (χ2v) is 10.4. The molecule has 3 aromatic carbocycles. The van der Waals surface area contributed by atoms with E-state index in [-0.39, 0.29) is 22.2 Å². The summed E-state index contributed by atoms with van der Waals surface area (Å²) in [6.45, 7) is -1.07. The summed E-state index contributed by atoms with van der Waals surface area (Å²) in [6.07, 6.45) is -5.07. The first-order valence-electron chi connectivity index (χ1n) is 11.4. The smallest absolute Gasteiger partial charge is 0.417 e. The number of hydrogen-bond acceptors (Lipinski definition) is 6. The maximum Gasteiger partial charge on any atom is 0.417 e. The first-order chi connectivity index (χ1) is 18.4. The van der Waals surface area contributed by atoms with Crippen LogP contribution in [-0.4, -0.2) is 51.4 Å². The zero-order valence-electron chi connectivity index (χ0n) is 20.6. The van der Waals surface area contributed by atoms with Gasteiger partial charge in [0.25, 0.3) is 5.91 Å². The number of alkyl halides is 3. The Hall–Kier alpha value is -3.97. The van der Waals surface area contributed by atoms with Gasteiger partial charge in [-0.25, -0.2) is 12.8 Å². The van der Waals surface area contributed by atoms with Crippen LogP contribution in [0, 0.1) is 5.82 Å². The van der Waals surface area contributed by atoms with Gasteiger partial charge in [0.2, 0.25) is 10.0 Å². The molecule has 0 aromatic heterocycles. The number of para-hydroxylation sites is 1. The summed E-state index contributed by atoms with van der Waals surface area (Å²) in [5.74, 6) is -3.05. The molecule has 0 spiro atoms. The molecule has 0 saturated heterocycles. The third-order valence-corrected chi connectivity index (χ3v) is 8.08. The van der Waals surface area contributed by atoms with Crippen molar-refractivity contribution >= 4 is 27.6 Å². The molecule has 1 amide bonds. The molecule has 206 valence electrons. The number of hydrogen-bond donors (Lipinski definition) is 0. The standard InChI is InChI=1S/C26H22F4N2O6S/c1-37-18-8-10-19(11-9-18)39(35,36)32-14-16-5-3-4-6-22(16)31(15-23(32)25(34)38-2)24(33)20-12-7-17(27)13-21(20)26(28,29)30/h3-13,23H,14-15H2,1-2H3. The van der Waals surface area contributed by atoms with Crippen molar-refractivity contribution in [2.45, 2.75) is 23.7 Å². The van der Waals surface area contributed by atoms with Gasteiger partial charge in [0, 0.05) is 12.2 Å². The van der Waals surface area contributed by atoms with Crippen LogP contribution in [0.4, 0.5) is 23.2 Å². The first-order valence-corrected chi connectivity index (χ1v) is 12.8. The lowest BCUT2D eigenvalue weighted by Gasteiger charge is -2.29. The fraction of sp³-hybridized carbons (Fsp3) is 0.231. The minimum absolute atomic E-state index is 0.0845. The minimum atomic E-state index is -5.07. The summed E-state index contributed by atoms with van der Waals surface area (Å²) in [7, 11) is -1.98. The van der Waals surface area contributed by atoms with Gasteiger partial charge in [-0.3, -0.25) is 9.59 Å². The van der Waals surface area contributed by atoms with E-state index in [0.717, 1.165) is 16.3 Å². The van der Waals surface area contributed by atoms with Crippen LogP contribution in [0.1, 0.15) is 21.5 Å². The van der Waals surface area contributed by atoms with Crippen LogP contribution in [0.5, 0.6) is 5.75 Å². The molecule has 3 aromatic rings. The van der Waals surface area contributed by atoms with Crippen LogP contribution in [0.2, 0.25) is 0 Å². The number of benzene rings is 3. The van der Waals surface area contributed by atoms with Crippen molar-refractivity contribution in [1.82, 2.24) is 4.31 Å². The number of esters is 1. The Labute approximate surface area is 221 Å². The third kappa shape index (κ3) is 5.45. The molecule has 4 rings (SSSR count). The number of rotatable bonds is 5. The summed E-state index contributed by atoms with van der Waals surface area (Å²) in [5.41, 5.74) is -2.05. The van der Waals surface area contributed by atoms with Crippen LogP contribution in [-0.2, 0) is 32.3 Å². The maximum atomic E-state index is 13.7. The highest BCUT2D eigenvalue weighted by molar-refractivity contribution is 7.89. The fourth-order valence-electron chi connectivity index (χ4n) is 4.29. The van der Waals surface area contributed by atoms with Gasteiger partial charge in [-0.05, 0) is 54.1 Å². The molecule has 0 N–H and O–H groups in total. The molecule has 39 heavy (non-hydrogen) atoms. The maximum absolute atomic E-state index is 13.7. The molecular weight excluding hydrogens is 544 g/mol. The molecule has 13 heteroatoms. The van der Waals surface area contributed by atoms with Crippen molar-refractivity contribution in [3.05, 3.63) is 89.2 Å². The highest BCUT2D eigenvalue weighted by atomic mass is 32.2. The second-order valence-electron chi connectivity index (χ2n) is 8.50. The summed E-state index contributed by atoms with van der Waals surface area (Å²) < 4.78 is 93.2. The number of sulfonamides is 1. The lowest BCUT2D eigenvalue weighted by atomic mass is 10.0. The molecule has 0 saturated carbocycles. The Kier molecular flexibility index (Phi) is 7.66. The molecule has 0 fully saturated rings. The van der Waals surface area contributed by atoms with E-state index >= 15 is 0 Å². The van der Waals surface area contributed by atoms with Crippen molar-refractivity contribution in [3.8, 4) is 5.75 Å². The molecule has 1 aliphatic rings. The predicted octanol–water partition coefficient (Wildman–Crippen LogP) is 4.25. The van der Waals surface area contributed by atoms with Crippen molar-refractivity contribution in [1.29, 1.82) is 0 Å². The lowest BCUT2D eigenvalue weighted by molar-refractivity contribution is -0.145. The first kappa shape index (κ1) is 28.0. The van der Waals surface area contributed by atoms with E-state index < -0.39 is 64.2 Å². The number of halogens is 4. The van der Waals surface area contributed by atoms with Crippen LogP contribution in [0.3, 0.4) is 0 Å². The Morgan fingerprint density at radius 1 is 0.974 bits per heavy atom. The number of carbonyl (C=O) groups is 2. The zero-order valence-corrected chi connectivity index (χ0v) is 21.4. The molecule has 1 aliphatic heterocycles. The molecule has 8 nitrogen and oxygen atoms in total. The Balaban J connectivity index is 1.86. The van der Waals surface area contributed by atoms with Crippen molar-refractivity contribution in [3.63, 3.8) is 0 Å². The van der Waals surface area contributed by atoms with E-state index in [2.05, 4.69) is 0 Å². The Bertz CT molecular complexity index is 1510. The number of fused-ring (bicyclic) bond motifs is 1.